The van der Waals surface area contributed by atoms with E-state index in [-0.39, 0.29) is 36.2 Å². The molecule has 2 saturated heterocycles. The first-order valence-corrected chi connectivity index (χ1v) is 17.6. The van der Waals surface area contributed by atoms with E-state index in [1.807, 2.05) is 62.0 Å². The molecule has 2 aliphatic heterocycles. The van der Waals surface area contributed by atoms with Gasteiger partial charge in [0.2, 0.25) is 11.8 Å². The zero-order valence-electron chi connectivity index (χ0n) is 29.1. The molecule has 1 unspecified atom stereocenters. The predicted molar refractivity (Wildman–Crippen MR) is 188 cm³/mol. The second-order valence-electron chi connectivity index (χ2n) is 14.1. The Morgan fingerprint density at radius 2 is 1.77 bits per heavy atom. The van der Waals surface area contributed by atoms with Crippen molar-refractivity contribution in [3.63, 3.8) is 0 Å². The molecule has 3 fully saturated rings. The third-order valence-electron chi connectivity index (χ3n) is 10.6. The Bertz CT molecular complexity index is 1330. The quantitative estimate of drug-likeness (QED) is 0.300. The maximum atomic E-state index is 14.1. The third-order valence-corrected chi connectivity index (χ3v) is 10.6. The van der Waals surface area contributed by atoms with Crippen molar-refractivity contribution in [3.8, 4) is 0 Å². The number of likely N-dealkylation sites (tertiary alicyclic amines) is 1. The van der Waals surface area contributed by atoms with Gasteiger partial charge in [0.1, 0.15) is 11.6 Å². The topological polar surface area (TPSA) is 114 Å². The van der Waals surface area contributed by atoms with E-state index in [9.17, 15) is 14.4 Å². The minimum atomic E-state index is -0.814. The summed E-state index contributed by atoms with van der Waals surface area (Å²) in [5.74, 6) is 0.581. The third kappa shape index (κ3) is 8.20. The summed E-state index contributed by atoms with van der Waals surface area (Å²) in [6, 6.07) is 7.39. The van der Waals surface area contributed by atoms with Crippen molar-refractivity contribution in [2.45, 2.75) is 103 Å². The number of amides is 3. The summed E-state index contributed by atoms with van der Waals surface area (Å²) in [6.45, 7) is 9.54. The van der Waals surface area contributed by atoms with Crippen LogP contribution in [0.1, 0.15) is 110 Å². The normalized spacial score (nSPS) is 21.1. The highest BCUT2D eigenvalue weighted by molar-refractivity contribution is 6.00. The summed E-state index contributed by atoms with van der Waals surface area (Å²) in [5, 5.41) is 13.9. The fourth-order valence-corrected chi connectivity index (χ4v) is 7.92. The SMILES string of the molecule is CCCCN1C(=O)[C@H](CC2CCCCC2)NC(=O)C12CCN(C(c1ccc(C(=O)NCCN(C)C)cc1)c1c(C)n[nH]c1C)CC2.Cl. The Morgan fingerprint density at radius 1 is 1.09 bits per heavy atom. The van der Waals surface area contributed by atoms with E-state index in [2.05, 4.69) is 32.7 Å². The van der Waals surface area contributed by atoms with Crippen LogP contribution in [0.25, 0.3) is 0 Å². The van der Waals surface area contributed by atoms with Gasteiger partial charge in [0.15, 0.2) is 0 Å². The highest BCUT2D eigenvalue weighted by atomic mass is 35.5. The predicted octanol–water partition coefficient (Wildman–Crippen LogP) is 4.76. The molecule has 1 spiro atoms. The second kappa shape index (κ2) is 16.4. The van der Waals surface area contributed by atoms with Crippen molar-refractivity contribution < 1.29 is 14.4 Å². The molecule has 11 heteroatoms. The monoisotopic (exact) mass is 669 g/mol. The first kappa shape index (κ1) is 36.9. The Balaban J connectivity index is 0.00000500. The molecular weight excluding hydrogens is 614 g/mol. The molecule has 3 heterocycles. The molecule has 3 amide bonds. The summed E-state index contributed by atoms with van der Waals surface area (Å²) in [7, 11) is 3.97. The van der Waals surface area contributed by atoms with Gasteiger partial charge < -0.3 is 20.4 Å². The summed E-state index contributed by atoms with van der Waals surface area (Å²) >= 11 is 0. The molecule has 0 bridgehead atoms. The zero-order chi connectivity index (χ0) is 32.8. The van der Waals surface area contributed by atoms with Crippen molar-refractivity contribution in [1.29, 1.82) is 0 Å². The summed E-state index contributed by atoms with van der Waals surface area (Å²) in [5.41, 5.74) is 3.96. The van der Waals surface area contributed by atoms with Crippen LogP contribution < -0.4 is 10.6 Å². The average molecular weight is 670 g/mol. The van der Waals surface area contributed by atoms with Gasteiger partial charge in [0.25, 0.3) is 5.91 Å². The van der Waals surface area contributed by atoms with Crippen molar-refractivity contribution >= 4 is 30.1 Å². The number of likely N-dealkylation sites (N-methyl/N-ethyl adjacent to an activating group) is 1. The fourth-order valence-electron chi connectivity index (χ4n) is 7.92. The summed E-state index contributed by atoms with van der Waals surface area (Å²) in [4.78, 5) is 47.4. The maximum Gasteiger partial charge on any atom is 0.251 e. The number of aromatic nitrogens is 2. The van der Waals surface area contributed by atoms with Crippen molar-refractivity contribution in [1.82, 2.24) is 35.5 Å². The van der Waals surface area contributed by atoms with Gasteiger partial charge in [-0.1, -0.05) is 57.6 Å². The number of piperidine rings is 1. The molecule has 2 aromatic rings. The second-order valence-corrected chi connectivity index (χ2v) is 14.1. The largest absolute Gasteiger partial charge is 0.351 e. The molecule has 260 valence electrons. The van der Waals surface area contributed by atoms with E-state index >= 15 is 0 Å². The van der Waals surface area contributed by atoms with Gasteiger partial charge >= 0.3 is 0 Å². The number of nitrogens with zero attached hydrogens (tertiary/aromatic N) is 4. The number of carbonyl (C=O) groups is 3. The Morgan fingerprint density at radius 3 is 2.36 bits per heavy atom. The van der Waals surface area contributed by atoms with E-state index < -0.39 is 11.6 Å². The lowest BCUT2D eigenvalue weighted by Crippen LogP contribution is -2.73. The molecule has 2 atom stereocenters. The highest BCUT2D eigenvalue weighted by Gasteiger charge is 2.54. The van der Waals surface area contributed by atoms with Gasteiger partial charge in [0, 0.05) is 49.5 Å². The summed E-state index contributed by atoms with van der Waals surface area (Å²) in [6.07, 6.45) is 9.85. The summed E-state index contributed by atoms with van der Waals surface area (Å²) < 4.78 is 0. The zero-order valence-corrected chi connectivity index (χ0v) is 29.9. The Hall–Kier alpha value is -2.95. The number of unbranched alkanes of at least 4 members (excludes halogenated alkanes) is 1. The van der Waals surface area contributed by atoms with E-state index in [1.165, 1.54) is 19.3 Å². The number of piperazine rings is 1. The molecule has 3 aliphatic rings. The molecule has 0 radical (unpaired) electrons. The number of H-pyrrole nitrogens is 1. The lowest BCUT2D eigenvalue weighted by Gasteiger charge is -2.53. The van der Waals surface area contributed by atoms with Gasteiger partial charge in [-0.2, -0.15) is 5.10 Å². The maximum absolute atomic E-state index is 14.1. The van der Waals surface area contributed by atoms with Crippen LogP contribution in [0, 0.1) is 19.8 Å². The van der Waals surface area contributed by atoms with Crippen molar-refractivity contribution in [2.75, 3.05) is 46.8 Å². The number of hydrogen-bond acceptors (Lipinski definition) is 6. The van der Waals surface area contributed by atoms with Crippen molar-refractivity contribution in [2.24, 2.45) is 5.92 Å². The van der Waals surface area contributed by atoms with Crippen LogP contribution in [0.3, 0.4) is 0 Å². The van der Waals surface area contributed by atoms with Crippen LogP contribution in [0.5, 0.6) is 0 Å². The number of carbonyl (C=O) groups excluding carboxylic acids is 3. The van der Waals surface area contributed by atoms with Gasteiger partial charge in [-0.05, 0) is 77.2 Å². The number of nitrogens with one attached hydrogen (secondary N) is 3. The van der Waals surface area contributed by atoms with E-state index in [4.69, 9.17) is 0 Å². The number of halogens is 1. The minimum absolute atomic E-state index is 0. The van der Waals surface area contributed by atoms with Gasteiger partial charge in [0.05, 0.1) is 11.7 Å². The van der Waals surface area contributed by atoms with Crippen LogP contribution in [-0.2, 0) is 9.59 Å². The highest BCUT2D eigenvalue weighted by Crippen LogP contribution is 2.40. The minimum Gasteiger partial charge on any atom is -0.351 e. The molecule has 1 aromatic carbocycles. The Labute approximate surface area is 287 Å². The van der Waals surface area contributed by atoms with Crippen LogP contribution in [0.4, 0.5) is 0 Å². The number of rotatable bonds is 12. The van der Waals surface area contributed by atoms with E-state index in [0.29, 0.717) is 50.5 Å². The van der Waals surface area contributed by atoms with Crippen LogP contribution in [0.15, 0.2) is 24.3 Å². The standard InChI is InChI=1S/C36H55N7O3.ClH/c1-6-7-20-43-34(45)30(24-27-11-9-8-10-12-27)38-35(46)36(43)17-21-42(22-18-36)32(31-25(2)39-40-26(31)3)28-13-15-29(16-14-28)33(44)37-19-23-41(4)5;/h13-16,27,30,32H,6-12,17-24H2,1-5H3,(H,37,44)(H,38,46)(H,39,40);1H/t30-,32?;/m0./s1. The molecule has 47 heavy (non-hydrogen) atoms. The van der Waals surface area contributed by atoms with E-state index in [0.717, 1.165) is 61.2 Å². The van der Waals surface area contributed by atoms with Gasteiger partial charge in [-0.15, -0.1) is 12.4 Å². The first-order valence-electron chi connectivity index (χ1n) is 17.6. The molecular formula is C36H56ClN7O3. The van der Waals surface area contributed by atoms with E-state index in [1.54, 1.807) is 0 Å². The Kier molecular flexibility index (Phi) is 12.9. The lowest BCUT2D eigenvalue weighted by molar-refractivity contribution is -0.162. The van der Waals surface area contributed by atoms with Crippen LogP contribution in [-0.4, -0.2) is 101 Å². The number of aryl methyl sites for hydroxylation is 2. The first-order chi connectivity index (χ1) is 22.1. The average Bonchev–Trinajstić information content (AvgIpc) is 3.38. The van der Waals surface area contributed by atoms with Crippen LogP contribution >= 0.6 is 12.4 Å². The molecule has 1 aromatic heterocycles. The number of hydrogen-bond donors (Lipinski definition) is 3. The van der Waals surface area contributed by atoms with Crippen molar-refractivity contribution in [3.05, 3.63) is 52.3 Å². The molecule has 10 nitrogen and oxygen atoms in total. The molecule has 1 saturated carbocycles. The molecule has 1 aliphatic carbocycles. The molecule has 5 rings (SSSR count). The molecule has 3 N–H and O–H groups in total. The smallest absolute Gasteiger partial charge is 0.251 e. The lowest BCUT2D eigenvalue weighted by atomic mass is 9.78. The van der Waals surface area contributed by atoms with Gasteiger partial charge in [-0.25, -0.2) is 0 Å². The van der Waals surface area contributed by atoms with Gasteiger partial charge in [-0.3, -0.25) is 24.4 Å². The van der Waals surface area contributed by atoms with Crippen LogP contribution in [0.2, 0.25) is 0 Å². The fraction of sp³-hybridized carbons (Fsp3) is 0.667. The number of aromatic amines is 1. The number of benzene rings is 1.